The molecule has 1 heterocycles. The van der Waals surface area contributed by atoms with Gasteiger partial charge in [-0.1, -0.05) is 47.5 Å². The number of nitrogens with zero attached hydrogens (tertiary/aromatic N) is 1. The Kier molecular flexibility index (Phi) is 6.72. The number of halogens is 2. The minimum atomic E-state index is -0.800. The van der Waals surface area contributed by atoms with Crippen molar-refractivity contribution < 1.29 is 19.1 Å². The Morgan fingerprint density at radius 1 is 0.912 bits per heavy atom. The van der Waals surface area contributed by atoms with Gasteiger partial charge in [0, 0.05) is 15.6 Å². The van der Waals surface area contributed by atoms with Crippen LogP contribution in [-0.4, -0.2) is 17.8 Å². The summed E-state index contributed by atoms with van der Waals surface area (Å²) in [5.74, 6) is -1.10. The van der Waals surface area contributed by atoms with Gasteiger partial charge in [0.15, 0.2) is 0 Å². The predicted molar refractivity (Wildman–Crippen MR) is 132 cm³/mol. The molecule has 0 aromatic heterocycles. The number of carbonyl (C=O) groups is 3. The number of rotatable bonds is 5. The van der Waals surface area contributed by atoms with E-state index in [2.05, 4.69) is 5.32 Å². The molecule has 1 aliphatic heterocycles. The van der Waals surface area contributed by atoms with Crippen LogP contribution < -0.4 is 15.0 Å². The van der Waals surface area contributed by atoms with Gasteiger partial charge >= 0.3 is 6.03 Å². The molecular formula is C26H20Cl2N2O4. The largest absolute Gasteiger partial charge is 0.488 e. The molecule has 1 N–H and O–H groups in total. The molecule has 4 rings (SSSR count). The van der Waals surface area contributed by atoms with Crippen molar-refractivity contribution in [3.8, 4) is 5.75 Å². The van der Waals surface area contributed by atoms with Crippen LogP contribution in [0.1, 0.15) is 22.3 Å². The third-order valence-corrected chi connectivity index (χ3v) is 5.77. The van der Waals surface area contributed by atoms with Gasteiger partial charge in [0.2, 0.25) is 0 Å². The number of carbonyl (C=O) groups excluding carboxylic acids is 3. The Morgan fingerprint density at radius 2 is 1.62 bits per heavy atom. The van der Waals surface area contributed by atoms with Crippen molar-refractivity contribution in [1.82, 2.24) is 5.32 Å². The molecule has 0 unspecified atom stereocenters. The van der Waals surface area contributed by atoms with E-state index in [0.717, 1.165) is 21.6 Å². The van der Waals surface area contributed by atoms with Gasteiger partial charge in [0.05, 0.1) is 5.69 Å². The van der Waals surface area contributed by atoms with E-state index in [1.807, 2.05) is 31.2 Å². The predicted octanol–water partition coefficient (Wildman–Crippen LogP) is 5.86. The van der Waals surface area contributed by atoms with E-state index in [-0.39, 0.29) is 12.2 Å². The summed E-state index contributed by atoms with van der Waals surface area (Å²) in [6.07, 6.45) is 1.38. The zero-order chi connectivity index (χ0) is 24.4. The fraction of sp³-hybridized carbons (Fsp3) is 0.115. The molecule has 172 valence electrons. The van der Waals surface area contributed by atoms with Crippen LogP contribution in [-0.2, 0) is 16.2 Å². The maximum absolute atomic E-state index is 13.3. The van der Waals surface area contributed by atoms with Crippen molar-refractivity contribution in [2.75, 3.05) is 4.90 Å². The Balaban J connectivity index is 1.69. The summed E-state index contributed by atoms with van der Waals surface area (Å²) in [5.41, 5.74) is 3.10. The first-order valence-corrected chi connectivity index (χ1v) is 11.1. The zero-order valence-corrected chi connectivity index (χ0v) is 19.9. The molecule has 0 bridgehead atoms. The molecule has 6 nitrogen and oxygen atoms in total. The van der Waals surface area contributed by atoms with Crippen molar-refractivity contribution in [3.63, 3.8) is 0 Å². The molecule has 0 atom stereocenters. The topological polar surface area (TPSA) is 75.7 Å². The van der Waals surface area contributed by atoms with Crippen LogP contribution in [0.3, 0.4) is 0 Å². The van der Waals surface area contributed by atoms with Crippen LogP contribution in [0.5, 0.6) is 5.75 Å². The minimum Gasteiger partial charge on any atom is -0.488 e. The molecule has 0 aliphatic carbocycles. The Labute approximate surface area is 206 Å². The molecule has 1 aliphatic rings. The fourth-order valence-corrected chi connectivity index (χ4v) is 3.80. The molecule has 0 radical (unpaired) electrons. The van der Waals surface area contributed by atoms with Gasteiger partial charge in [-0.2, -0.15) is 0 Å². The van der Waals surface area contributed by atoms with Crippen LogP contribution in [0.2, 0.25) is 10.0 Å². The second-order valence-corrected chi connectivity index (χ2v) is 8.72. The molecule has 3 aromatic carbocycles. The summed E-state index contributed by atoms with van der Waals surface area (Å²) >= 11 is 12.1. The molecule has 1 fully saturated rings. The summed E-state index contributed by atoms with van der Waals surface area (Å²) in [5, 5.41) is 3.26. The standard InChI is InChI=1S/C26H20Cl2N2O4/c1-15-3-4-16(2)22(11-15)30-25(32)21(24(31)29-26(30)33)13-18-12-20(28)9-10-23(18)34-14-17-5-7-19(27)8-6-17/h3-13H,14H2,1-2H3,(H,29,31,33)/b21-13+. The van der Waals surface area contributed by atoms with Crippen LogP contribution in [0, 0.1) is 13.8 Å². The van der Waals surface area contributed by atoms with Crippen LogP contribution >= 0.6 is 23.2 Å². The van der Waals surface area contributed by atoms with Crippen molar-refractivity contribution in [2.45, 2.75) is 20.5 Å². The van der Waals surface area contributed by atoms with Gasteiger partial charge in [-0.3, -0.25) is 14.9 Å². The molecule has 34 heavy (non-hydrogen) atoms. The van der Waals surface area contributed by atoms with Crippen molar-refractivity contribution >= 4 is 52.8 Å². The van der Waals surface area contributed by atoms with E-state index in [1.54, 1.807) is 43.3 Å². The summed E-state index contributed by atoms with van der Waals surface area (Å²) in [6.45, 7) is 3.88. The Hall–Kier alpha value is -3.61. The van der Waals surface area contributed by atoms with Crippen LogP contribution in [0.15, 0.2) is 66.2 Å². The highest BCUT2D eigenvalue weighted by atomic mass is 35.5. The minimum absolute atomic E-state index is 0.209. The van der Waals surface area contributed by atoms with Gasteiger partial charge in [0.1, 0.15) is 17.9 Å². The fourth-order valence-electron chi connectivity index (χ4n) is 3.50. The number of amides is 4. The smallest absolute Gasteiger partial charge is 0.335 e. The van der Waals surface area contributed by atoms with Crippen LogP contribution in [0.25, 0.3) is 6.08 Å². The van der Waals surface area contributed by atoms with Gasteiger partial charge < -0.3 is 4.74 Å². The molecule has 3 aromatic rings. The maximum atomic E-state index is 13.3. The average Bonchev–Trinajstić information content (AvgIpc) is 2.79. The number of ether oxygens (including phenoxy) is 1. The highest BCUT2D eigenvalue weighted by molar-refractivity contribution is 6.39. The zero-order valence-electron chi connectivity index (χ0n) is 18.4. The van der Waals surface area contributed by atoms with E-state index in [9.17, 15) is 14.4 Å². The molecular weight excluding hydrogens is 475 g/mol. The summed E-state index contributed by atoms with van der Waals surface area (Å²) in [6, 6.07) is 16.7. The molecule has 1 saturated heterocycles. The van der Waals surface area contributed by atoms with Crippen LogP contribution in [0.4, 0.5) is 10.5 Å². The number of imide groups is 2. The average molecular weight is 495 g/mol. The normalized spacial score (nSPS) is 15.0. The van der Waals surface area contributed by atoms with Crippen molar-refractivity contribution in [2.24, 2.45) is 0 Å². The third-order valence-electron chi connectivity index (χ3n) is 5.29. The van der Waals surface area contributed by atoms with Gasteiger partial charge in [-0.05, 0) is 73.0 Å². The number of benzene rings is 3. The molecule has 0 spiro atoms. The lowest BCUT2D eigenvalue weighted by atomic mass is 10.0. The molecule has 4 amide bonds. The van der Waals surface area contributed by atoms with Gasteiger partial charge in [-0.25, -0.2) is 9.69 Å². The number of anilines is 1. The van der Waals surface area contributed by atoms with E-state index in [4.69, 9.17) is 27.9 Å². The second kappa shape index (κ2) is 9.71. The second-order valence-electron chi connectivity index (χ2n) is 7.85. The third kappa shape index (κ3) is 4.98. The summed E-state index contributed by atoms with van der Waals surface area (Å²) < 4.78 is 5.93. The first kappa shape index (κ1) is 23.5. The number of hydrogen-bond donors (Lipinski definition) is 1. The Morgan fingerprint density at radius 3 is 2.35 bits per heavy atom. The maximum Gasteiger partial charge on any atom is 0.335 e. The lowest BCUT2D eigenvalue weighted by Gasteiger charge is -2.28. The number of urea groups is 1. The first-order valence-electron chi connectivity index (χ1n) is 10.4. The number of barbiturate groups is 1. The molecule has 0 saturated carbocycles. The summed E-state index contributed by atoms with van der Waals surface area (Å²) in [7, 11) is 0. The van der Waals surface area contributed by atoms with Gasteiger partial charge in [-0.15, -0.1) is 0 Å². The lowest BCUT2D eigenvalue weighted by molar-refractivity contribution is -0.122. The van der Waals surface area contributed by atoms with Gasteiger partial charge in [0.25, 0.3) is 11.8 Å². The summed E-state index contributed by atoms with van der Waals surface area (Å²) in [4.78, 5) is 39.5. The van der Waals surface area contributed by atoms with Crippen molar-refractivity contribution in [1.29, 1.82) is 0 Å². The number of aryl methyl sites for hydroxylation is 2. The first-order chi connectivity index (χ1) is 16.2. The van der Waals surface area contributed by atoms with Crippen molar-refractivity contribution in [3.05, 3.63) is 98.5 Å². The Bertz CT molecular complexity index is 1330. The monoisotopic (exact) mass is 494 g/mol. The molecule has 8 heteroatoms. The van der Waals surface area contributed by atoms with E-state index >= 15 is 0 Å². The highest BCUT2D eigenvalue weighted by Gasteiger charge is 2.37. The van der Waals surface area contributed by atoms with E-state index < -0.39 is 17.8 Å². The highest BCUT2D eigenvalue weighted by Crippen LogP contribution is 2.30. The quantitative estimate of drug-likeness (QED) is 0.356. The SMILES string of the molecule is Cc1ccc(C)c(N2C(=O)NC(=O)/C(=C\c3cc(Cl)ccc3OCc3ccc(Cl)cc3)C2=O)c1. The lowest BCUT2D eigenvalue weighted by Crippen LogP contribution is -2.54. The number of hydrogen-bond acceptors (Lipinski definition) is 4. The van der Waals surface area contributed by atoms with E-state index in [1.165, 1.54) is 6.08 Å². The van der Waals surface area contributed by atoms with E-state index in [0.29, 0.717) is 27.0 Å². The number of nitrogens with one attached hydrogen (secondary N) is 1.